The molecule has 34 heavy (non-hydrogen) atoms. The Morgan fingerprint density at radius 2 is 1.12 bits per heavy atom. The summed E-state index contributed by atoms with van der Waals surface area (Å²) < 4.78 is 25.1. The van der Waals surface area contributed by atoms with Crippen molar-refractivity contribution in [2.45, 2.75) is 136 Å². The largest absolute Gasteiger partial charge is 0.469 e. The van der Waals surface area contributed by atoms with Crippen molar-refractivity contribution >= 4 is 19.8 Å². The zero-order chi connectivity index (χ0) is 25.5. The molecule has 0 aliphatic heterocycles. The Kier molecular flexibility index (Phi) is 21.9. The molecule has 1 unspecified atom stereocenters. The highest BCUT2D eigenvalue weighted by Gasteiger charge is 2.22. The quantitative estimate of drug-likeness (QED) is 0.0849. The van der Waals surface area contributed by atoms with Crippen molar-refractivity contribution in [2.75, 3.05) is 13.2 Å². The molecule has 0 aromatic carbocycles. The lowest BCUT2D eigenvalue weighted by molar-refractivity contribution is -0.160. The molecule has 0 saturated carbocycles. The van der Waals surface area contributed by atoms with E-state index in [2.05, 4.69) is 11.4 Å². The highest BCUT2D eigenvalue weighted by molar-refractivity contribution is 7.46. The number of phosphoric acid groups is 1. The fraction of sp³-hybridized carbons (Fsp3) is 0.920. The van der Waals surface area contributed by atoms with Crippen LogP contribution in [-0.4, -0.2) is 41.0 Å². The van der Waals surface area contributed by atoms with Crippen molar-refractivity contribution in [1.29, 1.82) is 0 Å². The Hall–Kier alpha value is -0.950. The first-order chi connectivity index (χ1) is 16.2. The molecule has 9 heteroatoms. The topological polar surface area (TPSA) is 119 Å². The van der Waals surface area contributed by atoms with E-state index in [4.69, 9.17) is 19.3 Å². The minimum absolute atomic E-state index is 0.213. The molecule has 202 valence electrons. The van der Waals surface area contributed by atoms with Gasteiger partial charge in [-0.15, -0.1) is 0 Å². The summed E-state index contributed by atoms with van der Waals surface area (Å²) in [6, 6.07) is 0. The molecule has 0 aliphatic carbocycles. The second-order valence-electron chi connectivity index (χ2n) is 9.11. The molecule has 0 saturated heterocycles. The van der Waals surface area contributed by atoms with Gasteiger partial charge in [-0.05, 0) is 6.42 Å². The van der Waals surface area contributed by atoms with Gasteiger partial charge in [0.25, 0.3) is 0 Å². The second-order valence-corrected chi connectivity index (χ2v) is 10.3. The predicted molar refractivity (Wildman–Crippen MR) is 133 cm³/mol. The molecule has 0 rings (SSSR count). The maximum atomic E-state index is 12.0. The molecule has 0 aliphatic rings. The van der Waals surface area contributed by atoms with Crippen LogP contribution < -0.4 is 0 Å². The molecule has 0 aromatic rings. The highest BCUT2D eigenvalue weighted by atomic mass is 31.2. The normalized spacial score (nSPS) is 12.5. The summed E-state index contributed by atoms with van der Waals surface area (Å²) in [5.74, 6) is -1.07. The van der Waals surface area contributed by atoms with Crippen LogP contribution in [-0.2, 0) is 28.2 Å². The van der Waals surface area contributed by atoms with Crippen LogP contribution in [0, 0.1) is 0 Å². The number of carbonyl (C=O) groups excluding carboxylic acids is 2. The van der Waals surface area contributed by atoms with Crippen molar-refractivity contribution < 1.29 is 37.9 Å². The molecule has 0 spiro atoms. The van der Waals surface area contributed by atoms with E-state index in [1.54, 1.807) is 0 Å². The maximum Gasteiger partial charge on any atom is 0.469 e. The smallest absolute Gasteiger partial charge is 0.462 e. The minimum Gasteiger partial charge on any atom is -0.462 e. The summed E-state index contributed by atoms with van der Waals surface area (Å²) in [6.07, 6.45) is 20.6. The molecular formula is C25H49O8P. The molecule has 0 aromatic heterocycles. The minimum atomic E-state index is -4.70. The number of phosphoric ester groups is 1. The summed E-state index contributed by atoms with van der Waals surface area (Å²) in [7, 11) is -4.70. The Labute approximate surface area is 206 Å². The highest BCUT2D eigenvalue weighted by Crippen LogP contribution is 2.35. The number of hydrogen-bond acceptors (Lipinski definition) is 6. The zero-order valence-corrected chi connectivity index (χ0v) is 22.4. The third-order valence-electron chi connectivity index (χ3n) is 5.68. The van der Waals surface area contributed by atoms with Gasteiger partial charge < -0.3 is 19.3 Å². The predicted octanol–water partition coefficient (Wildman–Crippen LogP) is 6.61. The first-order valence-electron chi connectivity index (χ1n) is 13.3. The van der Waals surface area contributed by atoms with E-state index in [-0.39, 0.29) is 13.0 Å². The fourth-order valence-corrected chi connectivity index (χ4v) is 4.11. The lowest BCUT2D eigenvalue weighted by Crippen LogP contribution is -2.29. The lowest BCUT2D eigenvalue weighted by Gasteiger charge is -2.18. The van der Waals surface area contributed by atoms with E-state index in [0.29, 0.717) is 6.42 Å². The lowest BCUT2D eigenvalue weighted by atomic mass is 10.0. The zero-order valence-electron chi connectivity index (χ0n) is 21.5. The number of carbonyl (C=O) groups is 2. The third-order valence-corrected chi connectivity index (χ3v) is 6.17. The van der Waals surface area contributed by atoms with E-state index >= 15 is 0 Å². The van der Waals surface area contributed by atoms with E-state index in [1.807, 2.05) is 0 Å². The van der Waals surface area contributed by atoms with Crippen molar-refractivity contribution in [3.63, 3.8) is 0 Å². The van der Waals surface area contributed by atoms with E-state index < -0.39 is 32.5 Å². The van der Waals surface area contributed by atoms with Crippen molar-refractivity contribution in [3.05, 3.63) is 0 Å². The molecule has 0 fully saturated rings. The van der Waals surface area contributed by atoms with Crippen molar-refractivity contribution in [1.82, 2.24) is 0 Å². The standard InChI is InChI=1S/C25H49O8P/c1-3-4-5-6-7-8-9-10-11-12-13-14-15-16-17-18-19-20-25(27)33-24(21-31-23(2)26)22-32-34(28,29)30/h24H,3-22H2,1-2H3,(H2,28,29,30). The van der Waals surface area contributed by atoms with Gasteiger partial charge in [-0.2, -0.15) is 0 Å². The molecule has 0 heterocycles. The Balaban J connectivity index is 3.60. The number of rotatable bonds is 24. The van der Waals surface area contributed by atoms with E-state index in [1.165, 1.54) is 90.4 Å². The van der Waals surface area contributed by atoms with Gasteiger partial charge in [0.2, 0.25) is 0 Å². The van der Waals surface area contributed by atoms with Crippen LogP contribution in [0.3, 0.4) is 0 Å². The molecule has 1 atom stereocenters. The Bertz CT molecular complexity index is 549. The molecule has 2 N–H and O–H groups in total. The van der Waals surface area contributed by atoms with Crippen LogP contribution in [0.4, 0.5) is 0 Å². The average molecular weight is 509 g/mol. The van der Waals surface area contributed by atoms with Gasteiger partial charge in [-0.1, -0.05) is 110 Å². The van der Waals surface area contributed by atoms with Gasteiger partial charge in [-0.3, -0.25) is 14.1 Å². The van der Waals surface area contributed by atoms with Crippen molar-refractivity contribution in [2.24, 2.45) is 0 Å². The van der Waals surface area contributed by atoms with Gasteiger partial charge in [0.05, 0.1) is 6.61 Å². The molecule has 8 nitrogen and oxygen atoms in total. The Morgan fingerprint density at radius 1 is 0.706 bits per heavy atom. The van der Waals surface area contributed by atoms with E-state index in [0.717, 1.165) is 19.3 Å². The summed E-state index contributed by atoms with van der Waals surface area (Å²) >= 11 is 0. The Morgan fingerprint density at radius 3 is 1.50 bits per heavy atom. The monoisotopic (exact) mass is 508 g/mol. The van der Waals surface area contributed by atoms with Gasteiger partial charge in [0.1, 0.15) is 6.61 Å². The van der Waals surface area contributed by atoms with Crippen LogP contribution >= 0.6 is 7.82 Å². The third kappa shape index (κ3) is 25.7. The van der Waals surface area contributed by atoms with Gasteiger partial charge in [0, 0.05) is 13.3 Å². The van der Waals surface area contributed by atoms with E-state index in [9.17, 15) is 14.2 Å². The first-order valence-corrected chi connectivity index (χ1v) is 14.8. The number of unbranched alkanes of at least 4 members (excludes halogenated alkanes) is 16. The van der Waals surface area contributed by atoms with Crippen LogP contribution in [0.1, 0.15) is 129 Å². The summed E-state index contributed by atoms with van der Waals surface area (Å²) in [4.78, 5) is 40.5. The number of hydrogen-bond donors (Lipinski definition) is 2. The van der Waals surface area contributed by atoms with Gasteiger partial charge >= 0.3 is 19.8 Å². The van der Waals surface area contributed by atoms with Crippen LogP contribution in [0.15, 0.2) is 0 Å². The second kappa shape index (κ2) is 22.5. The van der Waals surface area contributed by atoms with Crippen LogP contribution in [0.25, 0.3) is 0 Å². The molecule has 0 bridgehead atoms. The van der Waals surface area contributed by atoms with Gasteiger partial charge in [0.15, 0.2) is 6.10 Å². The molecular weight excluding hydrogens is 459 g/mol. The van der Waals surface area contributed by atoms with Crippen LogP contribution in [0.2, 0.25) is 0 Å². The number of ether oxygens (including phenoxy) is 2. The summed E-state index contributed by atoms with van der Waals surface area (Å²) in [5.41, 5.74) is 0. The van der Waals surface area contributed by atoms with Crippen molar-refractivity contribution in [3.8, 4) is 0 Å². The average Bonchev–Trinajstić information content (AvgIpc) is 2.77. The molecule has 0 radical (unpaired) electrons. The van der Waals surface area contributed by atoms with Crippen LogP contribution in [0.5, 0.6) is 0 Å². The first kappa shape index (κ1) is 33.0. The number of esters is 2. The summed E-state index contributed by atoms with van der Waals surface area (Å²) in [6.45, 7) is 2.61. The fourth-order valence-electron chi connectivity index (χ4n) is 3.75. The molecule has 0 amide bonds. The summed E-state index contributed by atoms with van der Waals surface area (Å²) in [5, 5.41) is 0. The van der Waals surface area contributed by atoms with Gasteiger partial charge in [-0.25, -0.2) is 4.57 Å². The maximum absolute atomic E-state index is 12.0. The SMILES string of the molecule is CCCCCCCCCCCCCCCCCCCC(=O)OC(COC(C)=O)COP(=O)(O)O.